The van der Waals surface area contributed by atoms with E-state index >= 15 is 0 Å². The lowest BCUT2D eigenvalue weighted by Crippen LogP contribution is -2.57. The minimum atomic E-state index is -0.432. The second-order valence-corrected chi connectivity index (χ2v) is 5.05. The predicted octanol–water partition coefficient (Wildman–Crippen LogP) is 1.96. The maximum Gasteiger partial charge on any atom is 0.257 e. The number of rotatable bonds is 1. The van der Waals surface area contributed by atoms with E-state index in [0.717, 1.165) is 18.7 Å². The number of nitrogens with one attached hydrogen (secondary N) is 1. The molecule has 0 aliphatic carbocycles. The third-order valence-corrected chi connectivity index (χ3v) is 3.42. The van der Waals surface area contributed by atoms with Crippen molar-refractivity contribution >= 4 is 5.91 Å². The van der Waals surface area contributed by atoms with Crippen LogP contribution < -0.4 is 5.32 Å². The number of carbonyl (C=O) groups is 1. The molecule has 4 heteroatoms. The second-order valence-electron chi connectivity index (χ2n) is 5.05. The second kappa shape index (κ2) is 5.06. The highest BCUT2D eigenvalue weighted by Gasteiger charge is 2.30. The van der Waals surface area contributed by atoms with Gasteiger partial charge in [0, 0.05) is 25.2 Å². The third kappa shape index (κ3) is 2.38. The zero-order valence-electron chi connectivity index (χ0n) is 11.0. The summed E-state index contributed by atoms with van der Waals surface area (Å²) < 4.78 is 13.8. The van der Waals surface area contributed by atoms with Crippen LogP contribution in [0.2, 0.25) is 0 Å². The van der Waals surface area contributed by atoms with E-state index in [-0.39, 0.29) is 23.6 Å². The Kier molecular flexibility index (Phi) is 3.66. The quantitative estimate of drug-likeness (QED) is 0.826. The smallest absolute Gasteiger partial charge is 0.257 e. The van der Waals surface area contributed by atoms with Crippen LogP contribution in [0.5, 0.6) is 0 Å². The molecule has 18 heavy (non-hydrogen) atoms. The Morgan fingerprint density at radius 3 is 2.50 bits per heavy atom. The van der Waals surface area contributed by atoms with Crippen molar-refractivity contribution in [1.29, 1.82) is 0 Å². The normalized spacial score (nSPS) is 24.1. The van der Waals surface area contributed by atoms with Gasteiger partial charge in [-0.3, -0.25) is 4.79 Å². The van der Waals surface area contributed by atoms with Crippen LogP contribution in [0.1, 0.15) is 29.8 Å². The first-order valence-electron chi connectivity index (χ1n) is 6.30. The lowest BCUT2D eigenvalue weighted by molar-refractivity contribution is 0.0539. The fraction of sp³-hybridized carbons (Fsp3) is 0.500. The number of hydrogen-bond donors (Lipinski definition) is 1. The van der Waals surface area contributed by atoms with E-state index in [1.807, 2.05) is 20.8 Å². The van der Waals surface area contributed by atoms with Gasteiger partial charge in [-0.05, 0) is 38.5 Å². The number of piperazine rings is 1. The van der Waals surface area contributed by atoms with E-state index < -0.39 is 5.82 Å². The van der Waals surface area contributed by atoms with Crippen molar-refractivity contribution in [3.63, 3.8) is 0 Å². The first kappa shape index (κ1) is 13.0. The van der Waals surface area contributed by atoms with Gasteiger partial charge in [0.1, 0.15) is 5.82 Å². The molecule has 3 nitrogen and oxygen atoms in total. The lowest BCUT2D eigenvalue weighted by atomic mass is 10.1. The summed E-state index contributed by atoms with van der Waals surface area (Å²) in [5.41, 5.74) is 0.992. The Labute approximate surface area is 107 Å². The van der Waals surface area contributed by atoms with Crippen LogP contribution in [0.4, 0.5) is 4.39 Å². The molecule has 2 rings (SSSR count). The molecule has 2 unspecified atom stereocenters. The topological polar surface area (TPSA) is 32.3 Å². The molecule has 1 amide bonds. The van der Waals surface area contributed by atoms with Crippen LogP contribution in [0.3, 0.4) is 0 Å². The number of halogens is 1. The van der Waals surface area contributed by atoms with E-state index in [4.69, 9.17) is 0 Å². The fourth-order valence-electron chi connectivity index (χ4n) is 2.47. The molecule has 0 radical (unpaired) electrons. The average molecular weight is 250 g/mol. The minimum absolute atomic E-state index is 0.0851. The van der Waals surface area contributed by atoms with Gasteiger partial charge in [-0.15, -0.1) is 0 Å². The molecule has 0 spiro atoms. The Hall–Kier alpha value is -1.42. The first-order chi connectivity index (χ1) is 8.50. The molecule has 0 saturated carbocycles. The summed E-state index contributed by atoms with van der Waals surface area (Å²) in [5, 5.41) is 3.26. The summed E-state index contributed by atoms with van der Waals surface area (Å²) in [6.07, 6.45) is 0. The number of carbonyl (C=O) groups excluding carboxylic acids is 1. The average Bonchev–Trinajstić information content (AvgIpc) is 2.28. The van der Waals surface area contributed by atoms with Gasteiger partial charge in [0.25, 0.3) is 5.91 Å². The number of benzene rings is 1. The van der Waals surface area contributed by atoms with Crippen molar-refractivity contribution in [2.45, 2.75) is 32.9 Å². The van der Waals surface area contributed by atoms with Crippen molar-refractivity contribution in [2.24, 2.45) is 0 Å². The molecule has 1 aliphatic heterocycles. The summed E-state index contributed by atoms with van der Waals surface area (Å²) in [7, 11) is 0. The van der Waals surface area contributed by atoms with Crippen LogP contribution in [0, 0.1) is 12.7 Å². The third-order valence-electron chi connectivity index (χ3n) is 3.42. The first-order valence-corrected chi connectivity index (χ1v) is 6.30. The maximum atomic E-state index is 13.8. The van der Waals surface area contributed by atoms with E-state index in [1.165, 1.54) is 6.07 Å². The Balaban J connectivity index is 2.29. The van der Waals surface area contributed by atoms with Gasteiger partial charge in [0.05, 0.1) is 5.56 Å². The van der Waals surface area contributed by atoms with Crippen LogP contribution in [0.15, 0.2) is 18.2 Å². The molecule has 2 atom stereocenters. The highest BCUT2D eigenvalue weighted by Crippen LogP contribution is 2.18. The monoisotopic (exact) mass is 250 g/mol. The van der Waals surface area contributed by atoms with E-state index in [0.29, 0.717) is 0 Å². The molecular formula is C14H19FN2O. The summed E-state index contributed by atoms with van der Waals surface area (Å²) in [5.74, 6) is -0.646. The molecular weight excluding hydrogens is 231 g/mol. The van der Waals surface area contributed by atoms with Crippen LogP contribution in [0.25, 0.3) is 0 Å². The highest BCUT2D eigenvalue weighted by molar-refractivity contribution is 5.95. The number of hydrogen-bond acceptors (Lipinski definition) is 2. The summed E-state index contributed by atoms with van der Waals surface area (Å²) in [6.45, 7) is 7.28. The fourth-order valence-corrected chi connectivity index (χ4v) is 2.47. The number of amides is 1. The van der Waals surface area contributed by atoms with Gasteiger partial charge in [-0.1, -0.05) is 6.07 Å². The molecule has 1 aromatic carbocycles. The van der Waals surface area contributed by atoms with Gasteiger partial charge in [-0.2, -0.15) is 0 Å². The molecule has 1 saturated heterocycles. The van der Waals surface area contributed by atoms with Crippen molar-refractivity contribution in [3.8, 4) is 0 Å². The molecule has 1 aromatic rings. The predicted molar refractivity (Wildman–Crippen MR) is 69.1 cm³/mol. The van der Waals surface area contributed by atoms with Gasteiger partial charge in [0.15, 0.2) is 0 Å². The van der Waals surface area contributed by atoms with Crippen molar-refractivity contribution < 1.29 is 9.18 Å². The van der Waals surface area contributed by atoms with Crippen LogP contribution in [-0.2, 0) is 0 Å². The largest absolute Gasteiger partial charge is 0.331 e. The van der Waals surface area contributed by atoms with Crippen LogP contribution >= 0.6 is 0 Å². The molecule has 0 aromatic heterocycles. The highest BCUT2D eigenvalue weighted by atomic mass is 19.1. The Morgan fingerprint density at radius 2 is 1.94 bits per heavy atom. The minimum Gasteiger partial charge on any atom is -0.331 e. The molecule has 98 valence electrons. The van der Waals surface area contributed by atoms with Crippen molar-refractivity contribution in [1.82, 2.24) is 10.2 Å². The van der Waals surface area contributed by atoms with Gasteiger partial charge < -0.3 is 10.2 Å². The Morgan fingerprint density at radius 1 is 1.33 bits per heavy atom. The number of nitrogens with zero attached hydrogens (tertiary/aromatic N) is 1. The van der Waals surface area contributed by atoms with E-state index in [1.54, 1.807) is 17.0 Å². The molecule has 1 N–H and O–H groups in total. The lowest BCUT2D eigenvalue weighted by Gasteiger charge is -2.39. The SMILES string of the molecule is Cc1ccc(C(=O)N2C(C)CNCC2C)c(F)c1. The molecule has 1 heterocycles. The Bertz CT molecular complexity index is 451. The molecule has 0 bridgehead atoms. The summed E-state index contributed by atoms with van der Waals surface area (Å²) in [4.78, 5) is 14.2. The summed E-state index contributed by atoms with van der Waals surface area (Å²) in [6, 6.07) is 4.93. The molecule has 1 aliphatic rings. The zero-order chi connectivity index (χ0) is 13.3. The zero-order valence-corrected chi connectivity index (χ0v) is 11.0. The maximum absolute atomic E-state index is 13.8. The van der Waals surface area contributed by atoms with E-state index in [2.05, 4.69) is 5.32 Å². The number of aryl methyl sites for hydroxylation is 1. The molecule has 1 fully saturated rings. The van der Waals surface area contributed by atoms with Crippen molar-refractivity contribution in [2.75, 3.05) is 13.1 Å². The van der Waals surface area contributed by atoms with Gasteiger partial charge in [-0.25, -0.2) is 4.39 Å². The van der Waals surface area contributed by atoms with Gasteiger partial charge >= 0.3 is 0 Å². The van der Waals surface area contributed by atoms with E-state index in [9.17, 15) is 9.18 Å². The summed E-state index contributed by atoms with van der Waals surface area (Å²) >= 11 is 0. The van der Waals surface area contributed by atoms with Crippen molar-refractivity contribution in [3.05, 3.63) is 35.1 Å². The van der Waals surface area contributed by atoms with Gasteiger partial charge in [0.2, 0.25) is 0 Å². The standard InChI is InChI=1S/C14H19FN2O/c1-9-4-5-12(13(15)6-9)14(18)17-10(2)7-16-8-11(17)3/h4-6,10-11,16H,7-8H2,1-3H3. The van der Waals surface area contributed by atoms with Crippen LogP contribution in [-0.4, -0.2) is 36.0 Å².